The van der Waals surface area contributed by atoms with E-state index in [1.165, 1.54) is 6.92 Å². The van der Waals surface area contributed by atoms with Crippen LogP contribution in [0.3, 0.4) is 0 Å². The summed E-state index contributed by atoms with van der Waals surface area (Å²) in [6, 6.07) is 8.41. The molecule has 6 nitrogen and oxygen atoms in total. The van der Waals surface area contributed by atoms with Crippen molar-refractivity contribution in [1.29, 1.82) is 5.26 Å². The topological polar surface area (TPSA) is 99.4 Å². The van der Waals surface area contributed by atoms with Gasteiger partial charge in [0.25, 0.3) is 0 Å². The van der Waals surface area contributed by atoms with E-state index in [4.69, 9.17) is 15.1 Å². The van der Waals surface area contributed by atoms with Crippen molar-refractivity contribution in [3.63, 3.8) is 0 Å². The Labute approximate surface area is 110 Å². The second-order valence-electron chi connectivity index (χ2n) is 3.84. The van der Waals surface area contributed by atoms with E-state index >= 15 is 0 Å². The van der Waals surface area contributed by atoms with Crippen LogP contribution in [0.2, 0.25) is 0 Å². The Morgan fingerprint density at radius 1 is 1.42 bits per heavy atom. The maximum atomic E-state index is 11.5. The number of nitrogens with one attached hydrogen (secondary N) is 1. The molecule has 0 saturated heterocycles. The Bertz CT molecular complexity index is 490. The van der Waals surface area contributed by atoms with Crippen molar-refractivity contribution < 1.29 is 19.4 Å². The average molecular weight is 262 g/mol. The van der Waals surface area contributed by atoms with E-state index in [9.17, 15) is 9.59 Å². The number of carbonyl (C=O) groups is 2. The van der Waals surface area contributed by atoms with Crippen molar-refractivity contribution in [2.75, 3.05) is 11.9 Å². The number of hydrogen-bond acceptors (Lipinski definition) is 4. The molecule has 0 saturated carbocycles. The number of carboxylic acids is 1. The van der Waals surface area contributed by atoms with Crippen LogP contribution < -0.4 is 5.32 Å². The molecule has 0 fully saturated rings. The van der Waals surface area contributed by atoms with Crippen LogP contribution >= 0.6 is 0 Å². The quantitative estimate of drug-likeness (QED) is 0.806. The number of nitriles is 1. The van der Waals surface area contributed by atoms with Crippen molar-refractivity contribution >= 4 is 17.6 Å². The molecule has 0 spiro atoms. The zero-order valence-corrected chi connectivity index (χ0v) is 10.4. The zero-order valence-electron chi connectivity index (χ0n) is 10.4. The third kappa shape index (κ3) is 5.19. The molecule has 0 radical (unpaired) electrons. The Balaban J connectivity index is 2.35. The molecule has 0 heterocycles. The first-order valence-electron chi connectivity index (χ1n) is 5.67. The average Bonchev–Trinajstić information content (AvgIpc) is 2.39. The molecule has 1 amide bonds. The van der Waals surface area contributed by atoms with Gasteiger partial charge in [-0.15, -0.1) is 0 Å². The van der Waals surface area contributed by atoms with Crippen molar-refractivity contribution in [2.24, 2.45) is 0 Å². The summed E-state index contributed by atoms with van der Waals surface area (Å²) in [7, 11) is 0. The smallest absolute Gasteiger partial charge is 0.332 e. The summed E-state index contributed by atoms with van der Waals surface area (Å²) in [5, 5.41) is 19.8. The summed E-state index contributed by atoms with van der Waals surface area (Å²) in [4.78, 5) is 22.0. The normalized spacial score (nSPS) is 11.4. The maximum Gasteiger partial charge on any atom is 0.332 e. The van der Waals surface area contributed by atoms with Gasteiger partial charge in [0, 0.05) is 5.69 Å². The summed E-state index contributed by atoms with van der Waals surface area (Å²) in [6.45, 7) is 1.44. The summed E-state index contributed by atoms with van der Waals surface area (Å²) < 4.78 is 4.94. The van der Waals surface area contributed by atoms with Crippen LogP contribution in [0.4, 0.5) is 5.69 Å². The van der Waals surface area contributed by atoms with Crippen molar-refractivity contribution in [3.05, 3.63) is 29.8 Å². The van der Waals surface area contributed by atoms with Gasteiger partial charge in [0.15, 0.2) is 6.10 Å². The molecule has 0 aromatic heterocycles. The molecule has 1 aromatic carbocycles. The van der Waals surface area contributed by atoms with Gasteiger partial charge in [-0.05, 0) is 31.2 Å². The molecule has 6 heteroatoms. The fourth-order valence-electron chi connectivity index (χ4n) is 1.25. The summed E-state index contributed by atoms with van der Waals surface area (Å²) >= 11 is 0. The van der Waals surface area contributed by atoms with Crippen molar-refractivity contribution in [3.8, 4) is 6.07 Å². The second kappa shape index (κ2) is 7.13. The predicted octanol–water partition coefficient (Wildman–Crippen LogP) is 1.38. The fourth-order valence-corrected chi connectivity index (χ4v) is 1.25. The molecular weight excluding hydrogens is 248 g/mol. The van der Waals surface area contributed by atoms with Crippen LogP contribution in [0.5, 0.6) is 0 Å². The first kappa shape index (κ1) is 14.7. The number of nitrogens with zero attached hydrogens (tertiary/aromatic N) is 1. The van der Waals surface area contributed by atoms with Crippen LogP contribution in [-0.2, 0) is 14.3 Å². The van der Waals surface area contributed by atoms with E-state index in [0.29, 0.717) is 11.3 Å². The van der Waals surface area contributed by atoms with Crippen LogP contribution in [-0.4, -0.2) is 29.7 Å². The monoisotopic (exact) mass is 262 g/mol. The van der Waals surface area contributed by atoms with Gasteiger partial charge in [-0.1, -0.05) is 0 Å². The van der Waals surface area contributed by atoms with E-state index in [1.54, 1.807) is 24.3 Å². The number of carbonyl (C=O) groups excluding carboxylic acids is 1. The van der Waals surface area contributed by atoms with Gasteiger partial charge in [-0.25, -0.2) is 4.79 Å². The number of amides is 1. The molecule has 100 valence electrons. The van der Waals surface area contributed by atoms with E-state index in [-0.39, 0.29) is 18.9 Å². The molecule has 0 aliphatic heterocycles. The number of aliphatic carboxylic acids is 1. The number of benzene rings is 1. The van der Waals surface area contributed by atoms with Gasteiger partial charge in [0.05, 0.1) is 24.7 Å². The van der Waals surface area contributed by atoms with Crippen LogP contribution in [0.25, 0.3) is 0 Å². The lowest BCUT2D eigenvalue weighted by Gasteiger charge is -2.08. The minimum atomic E-state index is -1.06. The molecule has 0 bridgehead atoms. The van der Waals surface area contributed by atoms with Crippen LogP contribution in [0, 0.1) is 11.3 Å². The highest BCUT2D eigenvalue weighted by molar-refractivity contribution is 5.90. The SMILES string of the molecule is C[C@H](OCCC(=O)Nc1ccc(C#N)cc1)C(=O)O. The largest absolute Gasteiger partial charge is 0.479 e. The number of carboxylic acid groups (broad SMARTS) is 1. The molecule has 0 aliphatic carbocycles. The highest BCUT2D eigenvalue weighted by Gasteiger charge is 2.11. The van der Waals surface area contributed by atoms with Gasteiger partial charge in [-0.2, -0.15) is 5.26 Å². The molecule has 0 unspecified atom stereocenters. The molecular formula is C13H14N2O4. The Kier molecular flexibility index (Phi) is 5.51. The molecule has 2 N–H and O–H groups in total. The lowest BCUT2D eigenvalue weighted by molar-refractivity contribution is -0.149. The minimum Gasteiger partial charge on any atom is -0.479 e. The Morgan fingerprint density at radius 3 is 2.58 bits per heavy atom. The highest BCUT2D eigenvalue weighted by atomic mass is 16.5. The third-order valence-corrected chi connectivity index (χ3v) is 2.34. The maximum absolute atomic E-state index is 11.5. The highest BCUT2D eigenvalue weighted by Crippen LogP contribution is 2.09. The zero-order chi connectivity index (χ0) is 14.3. The number of hydrogen-bond donors (Lipinski definition) is 2. The summed E-state index contributed by atoms with van der Waals surface area (Å²) in [5.74, 6) is -1.34. The standard InChI is InChI=1S/C13H14N2O4/c1-9(13(17)18)19-7-6-12(16)15-11-4-2-10(8-14)3-5-11/h2-5,9H,6-7H2,1H3,(H,15,16)(H,17,18)/t9-/m0/s1. The van der Waals surface area contributed by atoms with Gasteiger partial charge in [-0.3, -0.25) is 4.79 Å². The fraction of sp³-hybridized carbons (Fsp3) is 0.308. The van der Waals surface area contributed by atoms with Gasteiger partial charge < -0.3 is 15.2 Å². The molecule has 19 heavy (non-hydrogen) atoms. The van der Waals surface area contributed by atoms with E-state index in [0.717, 1.165) is 0 Å². The van der Waals surface area contributed by atoms with Gasteiger partial charge >= 0.3 is 5.97 Å². The van der Waals surface area contributed by atoms with E-state index in [2.05, 4.69) is 5.32 Å². The Hall–Kier alpha value is -2.39. The molecule has 0 aliphatic rings. The first-order chi connectivity index (χ1) is 9.02. The molecule has 1 aromatic rings. The van der Waals surface area contributed by atoms with Crippen molar-refractivity contribution in [2.45, 2.75) is 19.4 Å². The van der Waals surface area contributed by atoms with Crippen LogP contribution in [0.15, 0.2) is 24.3 Å². The lowest BCUT2D eigenvalue weighted by atomic mass is 10.2. The first-order valence-corrected chi connectivity index (χ1v) is 5.67. The lowest BCUT2D eigenvalue weighted by Crippen LogP contribution is -2.22. The number of anilines is 1. The van der Waals surface area contributed by atoms with Gasteiger partial charge in [0.1, 0.15) is 0 Å². The Morgan fingerprint density at radius 2 is 2.05 bits per heavy atom. The molecule has 1 atom stereocenters. The minimum absolute atomic E-state index is 0.0373. The van der Waals surface area contributed by atoms with Crippen LogP contribution in [0.1, 0.15) is 18.9 Å². The molecule has 1 rings (SSSR count). The number of ether oxygens (including phenoxy) is 1. The van der Waals surface area contributed by atoms with E-state index in [1.807, 2.05) is 6.07 Å². The van der Waals surface area contributed by atoms with Crippen molar-refractivity contribution in [1.82, 2.24) is 0 Å². The number of rotatable bonds is 6. The predicted molar refractivity (Wildman–Crippen MR) is 67.5 cm³/mol. The third-order valence-electron chi connectivity index (χ3n) is 2.34. The van der Waals surface area contributed by atoms with Gasteiger partial charge in [0.2, 0.25) is 5.91 Å². The van der Waals surface area contributed by atoms with E-state index < -0.39 is 12.1 Å². The summed E-state index contributed by atoms with van der Waals surface area (Å²) in [6.07, 6.45) is -0.861. The summed E-state index contributed by atoms with van der Waals surface area (Å²) in [5.41, 5.74) is 1.09. The second-order valence-corrected chi connectivity index (χ2v) is 3.84.